The maximum atomic E-state index is 12.0. The molecule has 1 saturated heterocycles. The van der Waals surface area contributed by atoms with Crippen LogP contribution in [0.25, 0.3) is 0 Å². The number of sulfonamides is 1. The first-order valence-electron chi connectivity index (χ1n) is 5.72. The predicted octanol–water partition coefficient (Wildman–Crippen LogP) is 0.322. The molecule has 0 saturated carbocycles. The third-order valence-electron chi connectivity index (χ3n) is 2.97. The van der Waals surface area contributed by atoms with Crippen LogP contribution < -0.4 is 4.90 Å². The number of aldehydes is 1. The quantitative estimate of drug-likeness (QED) is 0.590. The van der Waals surface area contributed by atoms with E-state index in [1.54, 1.807) is 24.3 Å². The second-order valence-corrected chi connectivity index (χ2v) is 6.34. The van der Waals surface area contributed by atoms with Crippen LogP contribution in [0.1, 0.15) is 10.4 Å². The van der Waals surface area contributed by atoms with Crippen molar-refractivity contribution in [2.45, 2.75) is 0 Å². The summed E-state index contributed by atoms with van der Waals surface area (Å²) < 4.78 is 23.9. The van der Waals surface area contributed by atoms with E-state index in [0.29, 0.717) is 17.5 Å². The minimum Gasteiger partial charge on any atom is -0.598 e. The maximum Gasteiger partial charge on any atom is 0.245 e. The number of carbonyl (C=O) groups is 2. The molecule has 1 aliphatic heterocycles. The molecule has 7 heteroatoms. The molecule has 0 aromatic heterocycles. The molecule has 6 nitrogen and oxygen atoms in total. The first-order chi connectivity index (χ1) is 8.91. The molecule has 1 atom stereocenters. The fraction of sp³-hybridized carbons (Fsp3) is 0.333. The highest BCUT2D eigenvalue weighted by Crippen LogP contribution is 2.20. The number of rotatable bonds is 3. The van der Waals surface area contributed by atoms with Gasteiger partial charge < -0.3 is 9.45 Å². The molecule has 2 rings (SSSR count). The topological polar surface area (TPSA) is 80.8 Å². The van der Waals surface area contributed by atoms with Crippen LogP contribution in [0.15, 0.2) is 24.3 Å². The number of benzene rings is 1. The summed E-state index contributed by atoms with van der Waals surface area (Å²) in [6.45, 7) is 0.383. The van der Waals surface area contributed by atoms with E-state index in [2.05, 4.69) is 0 Å². The van der Waals surface area contributed by atoms with Crippen LogP contribution in [0, 0.1) is 0 Å². The van der Waals surface area contributed by atoms with Gasteiger partial charge in [-0.1, -0.05) is 16.3 Å². The SMILES string of the molecule is C[S+](=O)([O-])N1CCN(c2cccc(C=O)c2)C(=O)C1. The van der Waals surface area contributed by atoms with E-state index in [1.807, 2.05) is 0 Å². The Hall–Kier alpha value is -1.57. The predicted molar refractivity (Wildman–Crippen MR) is 70.5 cm³/mol. The Labute approximate surface area is 112 Å². The van der Waals surface area contributed by atoms with Crippen LogP contribution in [-0.2, 0) is 19.4 Å². The molecule has 0 spiro atoms. The number of amides is 1. The van der Waals surface area contributed by atoms with Crippen molar-refractivity contribution in [3.8, 4) is 0 Å². The van der Waals surface area contributed by atoms with Crippen molar-refractivity contribution in [2.24, 2.45) is 0 Å². The van der Waals surface area contributed by atoms with Gasteiger partial charge in [0, 0.05) is 17.8 Å². The molecule has 0 radical (unpaired) electrons. The first-order valence-corrected chi connectivity index (χ1v) is 7.57. The van der Waals surface area contributed by atoms with Crippen LogP contribution in [-0.4, -0.2) is 46.9 Å². The standard InChI is InChI=1S/C12H14N2O4S/c1-19(17,18)13-5-6-14(12(16)8-13)11-4-2-3-10(7-11)9-15/h2-4,7,9H,5-6,8H2,1H3. The van der Waals surface area contributed by atoms with Gasteiger partial charge in [0.25, 0.3) is 0 Å². The summed E-state index contributed by atoms with van der Waals surface area (Å²) >= 11 is 0. The molecular weight excluding hydrogens is 268 g/mol. The third-order valence-corrected chi connectivity index (χ3v) is 4.22. The Kier molecular flexibility index (Phi) is 3.79. The molecular formula is C12H14N2O4S. The van der Waals surface area contributed by atoms with Crippen LogP contribution in [0.5, 0.6) is 0 Å². The fourth-order valence-electron chi connectivity index (χ4n) is 1.97. The van der Waals surface area contributed by atoms with Gasteiger partial charge in [0.05, 0.1) is 6.54 Å². The number of hydrogen-bond acceptors (Lipinski definition) is 4. The van der Waals surface area contributed by atoms with Crippen molar-refractivity contribution in [2.75, 3.05) is 30.8 Å². The van der Waals surface area contributed by atoms with Crippen LogP contribution >= 0.6 is 0 Å². The minimum absolute atomic E-state index is 0.163. The van der Waals surface area contributed by atoms with Gasteiger partial charge in [0.15, 0.2) is 0 Å². The van der Waals surface area contributed by atoms with Crippen molar-refractivity contribution in [1.82, 2.24) is 4.31 Å². The zero-order valence-corrected chi connectivity index (χ0v) is 11.3. The summed E-state index contributed by atoms with van der Waals surface area (Å²) in [4.78, 5) is 24.2. The van der Waals surface area contributed by atoms with Gasteiger partial charge in [0.2, 0.25) is 5.91 Å². The lowest BCUT2D eigenvalue weighted by Crippen LogP contribution is -2.53. The molecule has 1 unspecified atom stereocenters. The van der Waals surface area contributed by atoms with E-state index in [9.17, 15) is 18.4 Å². The van der Waals surface area contributed by atoms with E-state index < -0.39 is 10.4 Å². The lowest BCUT2D eigenvalue weighted by atomic mass is 10.2. The van der Waals surface area contributed by atoms with Gasteiger partial charge in [-0.15, -0.1) is 4.31 Å². The molecule has 1 aromatic carbocycles. The minimum atomic E-state index is -3.35. The third kappa shape index (κ3) is 3.06. The normalized spacial score (nSPS) is 20.1. The van der Waals surface area contributed by atoms with Crippen LogP contribution in [0.4, 0.5) is 5.69 Å². The van der Waals surface area contributed by atoms with Gasteiger partial charge in [-0.05, 0) is 12.1 Å². The average molecular weight is 282 g/mol. The van der Waals surface area contributed by atoms with Gasteiger partial charge in [-0.2, -0.15) is 0 Å². The summed E-state index contributed by atoms with van der Waals surface area (Å²) in [5, 5.41) is 0. The van der Waals surface area contributed by atoms with E-state index in [0.717, 1.165) is 10.6 Å². The number of hydrogen-bond donors (Lipinski definition) is 0. The smallest absolute Gasteiger partial charge is 0.245 e. The van der Waals surface area contributed by atoms with Crippen LogP contribution in [0.3, 0.4) is 0 Å². The van der Waals surface area contributed by atoms with Crippen molar-refractivity contribution in [1.29, 1.82) is 0 Å². The second kappa shape index (κ2) is 5.20. The molecule has 0 aliphatic carbocycles. The first kappa shape index (κ1) is 13.9. The number of nitrogens with zero attached hydrogens (tertiary/aromatic N) is 2. The van der Waals surface area contributed by atoms with E-state index in [-0.39, 0.29) is 25.5 Å². The Morgan fingerprint density at radius 2 is 2.11 bits per heavy atom. The number of anilines is 1. The van der Waals surface area contributed by atoms with Crippen LogP contribution in [0.2, 0.25) is 0 Å². The molecule has 1 fully saturated rings. The zero-order chi connectivity index (χ0) is 14.0. The highest BCUT2D eigenvalue weighted by atomic mass is 32.3. The Morgan fingerprint density at radius 3 is 2.68 bits per heavy atom. The highest BCUT2D eigenvalue weighted by molar-refractivity contribution is 7.94. The monoisotopic (exact) mass is 282 g/mol. The molecule has 1 aromatic rings. The summed E-state index contributed by atoms with van der Waals surface area (Å²) in [5.74, 6) is -0.292. The number of piperazine rings is 1. The molecule has 19 heavy (non-hydrogen) atoms. The molecule has 1 aliphatic rings. The molecule has 0 N–H and O–H groups in total. The lowest BCUT2D eigenvalue weighted by Gasteiger charge is -2.34. The van der Waals surface area contributed by atoms with Gasteiger partial charge in [-0.3, -0.25) is 9.59 Å². The second-order valence-electron chi connectivity index (χ2n) is 4.35. The van der Waals surface area contributed by atoms with E-state index in [1.165, 1.54) is 4.90 Å². The molecule has 1 heterocycles. The lowest BCUT2D eigenvalue weighted by molar-refractivity contribution is -0.120. The Morgan fingerprint density at radius 1 is 1.37 bits per heavy atom. The zero-order valence-electron chi connectivity index (χ0n) is 10.4. The van der Waals surface area contributed by atoms with Crippen molar-refractivity contribution in [3.63, 3.8) is 0 Å². The molecule has 1 amide bonds. The average Bonchev–Trinajstić information content (AvgIpc) is 2.37. The summed E-state index contributed by atoms with van der Waals surface area (Å²) in [6, 6.07) is 6.67. The summed E-state index contributed by atoms with van der Waals surface area (Å²) in [7, 11) is -3.35. The van der Waals surface area contributed by atoms with Gasteiger partial charge in [-0.25, -0.2) is 0 Å². The fourth-order valence-corrected chi connectivity index (χ4v) is 2.73. The van der Waals surface area contributed by atoms with Crippen molar-refractivity contribution in [3.05, 3.63) is 29.8 Å². The Balaban J connectivity index is 2.18. The number of carbonyl (C=O) groups excluding carboxylic acids is 2. The maximum absolute atomic E-state index is 12.0. The summed E-state index contributed by atoms with van der Waals surface area (Å²) in [6.07, 6.45) is 1.80. The molecule has 102 valence electrons. The Bertz CT molecular complexity index is 554. The van der Waals surface area contributed by atoms with E-state index in [4.69, 9.17) is 0 Å². The largest absolute Gasteiger partial charge is 0.598 e. The van der Waals surface area contributed by atoms with Crippen molar-refractivity contribution >= 4 is 28.3 Å². The van der Waals surface area contributed by atoms with Gasteiger partial charge >= 0.3 is 0 Å². The summed E-state index contributed by atoms with van der Waals surface area (Å²) in [5.41, 5.74) is 1.10. The van der Waals surface area contributed by atoms with Crippen molar-refractivity contribution < 1.29 is 18.4 Å². The van der Waals surface area contributed by atoms with E-state index >= 15 is 0 Å². The van der Waals surface area contributed by atoms with Gasteiger partial charge in [0.1, 0.15) is 29.5 Å². The highest BCUT2D eigenvalue weighted by Gasteiger charge is 2.32. The molecule has 0 bridgehead atoms.